The second-order valence-corrected chi connectivity index (χ2v) is 9.88. The number of nitrogens with zero attached hydrogens (tertiary/aromatic N) is 1. The number of nitrogens with one attached hydrogen (secondary N) is 1. The number of rotatable bonds is 8. The molecule has 4 heteroatoms. The molecule has 0 aromatic heterocycles. The maximum atomic E-state index is 6.22. The fourth-order valence-electron chi connectivity index (χ4n) is 5.14. The molecule has 34 heavy (non-hydrogen) atoms. The highest BCUT2D eigenvalue weighted by molar-refractivity contribution is 6.30. The number of nitrogens with two attached hydrogens (primary N) is 1. The minimum Gasteiger partial charge on any atom is -0.367 e. The van der Waals surface area contributed by atoms with Crippen molar-refractivity contribution in [3.05, 3.63) is 113 Å². The van der Waals surface area contributed by atoms with Crippen molar-refractivity contribution in [2.75, 3.05) is 24.5 Å². The topological polar surface area (TPSA) is 41.3 Å². The van der Waals surface area contributed by atoms with Crippen LogP contribution >= 0.6 is 11.6 Å². The first-order valence-corrected chi connectivity index (χ1v) is 12.5. The zero-order valence-electron chi connectivity index (χ0n) is 19.5. The van der Waals surface area contributed by atoms with Crippen molar-refractivity contribution in [2.45, 2.75) is 19.5 Å². The largest absolute Gasteiger partial charge is 0.367 e. The van der Waals surface area contributed by atoms with E-state index in [-0.39, 0.29) is 0 Å². The number of halogens is 1. The summed E-state index contributed by atoms with van der Waals surface area (Å²) in [6, 6.07) is 32.4. The number of anilines is 1. The molecule has 0 bridgehead atoms. The van der Waals surface area contributed by atoms with Gasteiger partial charge in [0.2, 0.25) is 0 Å². The van der Waals surface area contributed by atoms with Gasteiger partial charge in [-0.15, -0.1) is 0 Å². The lowest BCUT2D eigenvalue weighted by molar-refractivity contribution is 0.413. The minimum absolute atomic E-state index is 0.564. The first-order chi connectivity index (χ1) is 16.7. The van der Waals surface area contributed by atoms with Crippen LogP contribution in [0.15, 0.2) is 91.0 Å². The standard InChI is InChI=1S/C30H32ClN3/c31-29-10-12-30(13-11-29)34(20-24-7-9-25-8-6-23(17-32)15-26(25)16-24)21-28-19-33-18-27(28)14-22-4-2-1-3-5-22/h1-13,15-16,27-28,33H,14,17-21,32H2. The van der Waals surface area contributed by atoms with Crippen molar-refractivity contribution in [1.82, 2.24) is 5.32 Å². The fourth-order valence-corrected chi connectivity index (χ4v) is 5.27. The Morgan fingerprint density at radius 3 is 2.24 bits per heavy atom. The van der Waals surface area contributed by atoms with E-state index in [0.29, 0.717) is 18.4 Å². The van der Waals surface area contributed by atoms with Gasteiger partial charge in [-0.1, -0.05) is 66.2 Å². The molecule has 0 amide bonds. The van der Waals surface area contributed by atoms with Crippen molar-refractivity contribution in [3.63, 3.8) is 0 Å². The number of hydrogen-bond donors (Lipinski definition) is 2. The Balaban J connectivity index is 1.39. The van der Waals surface area contributed by atoms with Gasteiger partial charge in [0.15, 0.2) is 0 Å². The Labute approximate surface area is 207 Å². The van der Waals surface area contributed by atoms with Crippen LogP contribution in [0.3, 0.4) is 0 Å². The van der Waals surface area contributed by atoms with Gasteiger partial charge in [-0.25, -0.2) is 0 Å². The molecule has 1 saturated heterocycles. The first kappa shape index (κ1) is 22.9. The van der Waals surface area contributed by atoms with Gasteiger partial charge in [-0.3, -0.25) is 0 Å². The minimum atomic E-state index is 0.564. The summed E-state index contributed by atoms with van der Waals surface area (Å²) in [5, 5.41) is 6.92. The summed E-state index contributed by atoms with van der Waals surface area (Å²) >= 11 is 6.22. The second-order valence-electron chi connectivity index (χ2n) is 9.45. The molecular formula is C30H32ClN3. The van der Waals surface area contributed by atoms with Gasteiger partial charge >= 0.3 is 0 Å². The number of benzene rings is 4. The molecule has 2 atom stereocenters. The third-order valence-electron chi connectivity index (χ3n) is 7.05. The molecule has 1 aliphatic rings. The Kier molecular flexibility index (Phi) is 7.15. The predicted octanol–water partition coefficient (Wildman–Crippen LogP) is 6.04. The van der Waals surface area contributed by atoms with Gasteiger partial charge in [0.1, 0.15) is 0 Å². The number of fused-ring (bicyclic) bond motifs is 1. The SMILES string of the molecule is NCc1ccc2ccc(CN(CC3CNCC3Cc3ccccc3)c3ccc(Cl)cc3)cc2c1. The molecule has 2 unspecified atom stereocenters. The zero-order chi connectivity index (χ0) is 23.3. The van der Waals surface area contributed by atoms with E-state index in [9.17, 15) is 0 Å². The summed E-state index contributed by atoms with van der Waals surface area (Å²) in [5.41, 5.74) is 11.0. The van der Waals surface area contributed by atoms with Crippen LogP contribution in [-0.4, -0.2) is 19.6 Å². The quantitative estimate of drug-likeness (QED) is 0.330. The molecule has 0 saturated carbocycles. The number of hydrogen-bond acceptors (Lipinski definition) is 3. The molecule has 0 aliphatic carbocycles. The van der Waals surface area contributed by atoms with Crippen LogP contribution in [0.4, 0.5) is 5.69 Å². The molecule has 1 aliphatic heterocycles. The highest BCUT2D eigenvalue weighted by atomic mass is 35.5. The summed E-state index contributed by atoms with van der Waals surface area (Å²) in [7, 11) is 0. The second kappa shape index (κ2) is 10.6. The van der Waals surface area contributed by atoms with Gasteiger partial charge in [-0.2, -0.15) is 0 Å². The normalized spacial score (nSPS) is 17.8. The Hall–Kier alpha value is -2.85. The third kappa shape index (κ3) is 5.44. The molecule has 3 nitrogen and oxygen atoms in total. The molecule has 3 N–H and O–H groups in total. The molecule has 4 aromatic rings. The van der Waals surface area contributed by atoms with E-state index < -0.39 is 0 Å². The average Bonchev–Trinajstić information content (AvgIpc) is 3.30. The van der Waals surface area contributed by atoms with Crippen LogP contribution in [0.2, 0.25) is 5.02 Å². The van der Waals surface area contributed by atoms with E-state index in [1.165, 1.54) is 33.2 Å². The summed E-state index contributed by atoms with van der Waals surface area (Å²) < 4.78 is 0. The van der Waals surface area contributed by atoms with Crippen LogP contribution in [0.5, 0.6) is 0 Å². The van der Waals surface area contributed by atoms with Gasteiger partial charge in [0, 0.05) is 30.3 Å². The maximum Gasteiger partial charge on any atom is 0.0429 e. The van der Waals surface area contributed by atoms with Crippen molar-refractivity contribution < 1.29 is 0 Å². The molecule has 1 fully saturated rings. The summed E-state index contributed by atoms with van der Waals surface area (Å²) in [6.45, 7) is 4.56. The lowest BCUT2D eigenvalue weighted by Crippen LogP contribution is -2.33. The van der Waals surface area contributed by atoms with E-state index in [4.69, 9.17) is 17.3 Å². The van der Waals surface area contributed by atoms with Crippen molar-refractivity contribution in [2.24, 2.45) is 17.6 Å². The monoisotopic (exact) mass is 469 g/mol. The fraction of sp³-hybridized carbons (Fsp3) is 0.267. The summed E-state index contributed by atoms with van der Waals surface area (Å²) in [4.78, 5) is 2.51. The lowest BCUT2D eigenvalue weighted by Gasteiger charge is -2.30. The molecular weight excluding hydrogens is 438 g/mol. The van der Waals surface area contributed by atoms with Gasteiger partial charge in [0.05, 0.1) is 0 Å². The highest BCUT2D eigenvalue weighted by Crippen LogP contribution is 2.28. The van der Waals surface area contributed by atoms with Crippen molar-refractivity contribution >= 4 is 28.1 Å². The van der Waals surface area contributed by atoms with Crippen LogP contribution in [0.1, 0.15) is 16.7 Å². The van der Waals surface area contributed by atoms with Gasteiger partial charge in [0.25, 0.3) is 0 Å². The predicted molar refractivity (Wildman–Crippen MR) is 144 cm³/mol. The zero-order valence-corrected chi connectivity index (χ0v) is 20.2. The van der Waals surface area contributed by atoms with Crippen molar-refractivity contribution in [3.8, 4) is 0 Å². The molecule has 4 aromatic carbocycles. The lowest BCUT2D eigenvalue weighted by atomic mass is 9.89. The van der Waals surface area contributed by atoms with E-state index >= 15 is 0 Å². The summed E-state index contributed by atoms with van der Waals surface area (Å²) in [5.74, 6) is 1.21. The molecule has 0 radical (unpaired) electrons. The smallest absolute Gasteiger partial charge is 0.0429 e. The van der Waals surface area contributed by atoms with Crippen LogP contribution in [-0.2, 0) is 19.5 Å². The average molecular weight is 470 g/mol. The Morgan fingerprint density at radius 1 is 0.765 bits per heavy atom. The molecule has 0 spiro atoms. The van der Waals surface area contributed by atoms with Gasteiger partial charge < -0.3 is 16.0 Å². The molecule has 5 rings (SSSR count). The molecule has 174 valence electrons. The van der Waals surface area contributed by atoms with E-state index in [0.717, 1.165) is 37.6 Å². The van der Waals surface area contributed by atoms with E-state index in [1.807, 2.05) is 12.1 Å². The van der Waals surface area contributed by atoms with Gasteiger partial charge in [-0.05, 0) is 95.2 Å². The Bertz CT molecular complexity index is 1220. The third-order valence-corrected chi connectivity index (χ3v) is 7.30. The van der Waals surface area contributed by atoms with Crippen LogP contribution in [0, 0.1) is 11.8 Å². The van der Waals surface area contributed by atoms with Crippen LogP contribution < -0.4 is 16.0 Å². The highest BCUT2D eigenvalue weighted by Gasteiger charge is 2.29. The van der Waals surface area contributed by atoms with Crippen molar-refractivity contribution in [1.29, 1.82) is 0 Å². The van der Waals surface area contributed by atoms with E-state index in [1.54, 1.807) is 0 Å². The Morgan fingerprint density at radius 2 is 1.47 bits per heavy atom. The maximum absolute atomic E-state index is 6.22. The first-order valence-electron chi connectivity index (χ1n) is 12.1. The van der Waals surface area contributed by atoms with E-state index in [2.05, 4.69) is 89.1 Å². The van der Waals surface area contributed by atoms with Crippen LogP contribution in [0.25, 0.3) is 10.8 Å². The molecule has 1 heterocycles. The summed E-state index contributed by atoms with van der Waals surface area (Å²) in [6.07, 6.45) is 1.12.